The topological polar surface area (TPSA) is 53.8 Å². The van der Waals surface area contributed by atoms with E-state index in [0.717, 1.165) is 0 Å². The van der Waals surface area contributed by atoms with Crippen molar-refractivity contribution in [3.8, 4) is 6.07 Å². The molecule has 0 N–H and O–H groups in total. The number of carbonyl (C=O) groups excluding carboxylic acids is 1. The molecule has 1 heterocycles. The van der Waals surface area contributed by atoms with E-state index in [9.17, 15) is 4.79 Å². The van der Waals surface area contributed by atoms with E-state index in [-0.39, 0.29) is 19.6 Å². The van der Waals surface area contributed by atoms with Crippen LogP contribution in [0.1, 0.15) is 12.5 Å². The first kappa shape index (κ1) is 10.9. The molecule has 1 aromatic heterocycles. The third-order valence-electron chi connectivity index (χ3n) is 2.06. The summed E-state index contributed by atoms with van der Waals surface area (Å²) in [5.74, 6) is 1.82. The minimum absolute atomic E-state index is 0.0134. The molecular formula is C10H10N2OSe. The van der Waals surface area contributed by atoms with Gasteiger partial charge in [0.2, 0.25) is 0 Å². The van der Waals surface area contributed by atoms with Gasteiger partial charge in [-0.3, -0.25) is 0 Å². The number of nitrogens with zero attached hydrogens (tertiary/aromatic N) is 2. The van der Waals surface area contributed by atoms with Crippen molar-refractivity contribution in [2.45, 2.75) is 18.2 Å². The van der Waals surface area contributed by atoms with E-state index in [2.05, 4.69) is 11.1 Å². The van der Waals surface area contributed by atoms with Crippen LogP contribution in [0.15, 0.2) is 24.5 Å². The van der Waals surface area contributed by atoms with Gasteiger partial charge >= 0.3 is 89.0 Å². The molecule has 0 spiro atoms. The van der Waals surface area contributed by atoms with E-state index >= 15 is 0 Å². The second kappa shape index (κ2) is 4.36. The third-order valence-corrected chi connectivity index (χ3v) is 3.69. The molecule has 14 heavy (non-hydrogen) atoms. The van der Waals surface area contributed by atoms with Crippen LogP contribution in [0, 0.1) is 11.3 Å². The molecule has 0 fully saturated rings. The molecule has 72 valence electrons. The average molecular weight is 253 g/mol. The van der Waals surface area contributed by atoms with Crippen LogP contribution in [-0.4, -0.2) is 24.6 Å². The van der Waals surface area contributed by atoms with E-state index in [1.807, 2.05) is 5.82 Å². The Hall–Kier alpha value is -1.17. The number of nitriles is 1. The Morgan fingerprint density at radius 3 is 2.86 bits per heavy atom. The first-order valence-electron chi connectivity index (χ1n) is 4.05. The van der Waals surface area contributed by atoms with Crippen LogP contribution in [0.2, 0.25) is 5.82 Å². The number of hydrogen-bond acceptors (Lipinski definition) is 3. The van der Waals surface area contributed by atoms with Gasteiger partial charge in [-0.2, -0.15) is 0 Å². The molecule has 4 heteroatoms. The molecule has 0 amide bonds. The molecule has 3 nitrogen and oxygen atoms in total. The Kier molecular flexibility index (Phi) is 3.40. The molecular weight excluding hydrogens is 243 g/mol. The van der Waals surface area contributed by atoms with Crippen molar-refractivity contribution in [1.82, 2.24) is 4.98 Å². The van der Waals surface area contributed by atoms with Crippen molar-refractivity contribution < 1.29 is 4.79 Å². The Labute approximate surface area is 89.3 Å². The second-order valence-corrected chi connectivity index (χ2v) is 4.60. The molecule has 1 aromatic rings. The molecule has 1 unspecified atom stereocenters. The zero-order valence-electron chi connectivity index (χ0n) is 8.02. The van der Waals surface area contributed by atoms with Crippen LogP contribution in [0.3, 0.4) is 0 Å². The third kappa shape index (κ3) is 1.84. The van der Waals surface area contributed by atoms with Gasteiger partial charge in [0.15, 0.2) is 0 Å². The summed E-state index contributed by atoms with van der Waals surface area (Å²) >= 11 is -0.166. The van der Waals surface area contributed by atoms with Crippen LogP contribution in [0.25, 0.3) is 0 Å². The van der Waals surface area contributed by atoms with E-state index in [1.165, 1.54) is 0 Å². The Morgan fingerprint density at radius 2 is 2.43 bits per heavy atom. The molecule has 1 rings (SSSR count). The molecule has 0 aliphatic heterocycles. The van der Waals surface area contributed by atoms with Crippen LogP contribution in [0.5, 0.6) is 0 Å². The van der Waals surface area contributed by atoms with E-state index < -0.39 is 5.41 Å². The van der Waals surface area contributed by atoms with E-state index in [4.69, 9.17) is 5.26 Å². The number of pyridine rings is 1. The molecule has 0 bridgehead atoms. The molecule has 0 aromatic carbocycles. The van der Waals surface area contributed by atoms with Crippen molar-refractivity contribution >= 4 is 19.6 Å². The molecule has 1 atom stereocenters. The van der Waals surface area contributed by atoms with Gasteiger partial charge in [0.05, 0.1) is 0 Å². The Balaban J connectivity index is 3.17. The molecule has 0 saturated carbocycles. The fourth-order valence-corrected chi connectivity index (χ4v) is 2.29. The van der Waals surface area contributed by atoms with Gasteiger partial charge in [0, 0.05) is 0 Å². The van der Waals surface area contributed by atoms with Crippen molar-refractivity contribution in [3.63, 3.8) is 0 Å². The van der Waals surface area contributed by atoms with Gasteiger partial charge < -0.3 is 0 Å². The maximum atomic E-state index is 11.6. The summed E-state index contributed by atoms with van der Waals surface area (Å²) in [5, 5.41) is 9.05. The standard InChI is InChI=1S/C10H10N2OSe/c1-10(7-11,9(13)14-2)8-4-3-5-12-6-8/h3-6H,1-2H3. The number of rotatable bonds is 3. The normalized spacial score (nSPS) is 14.1. The fraction of sp³-hybridized carbons (Fsp3) is 0.300. The number of hydrogen-bond donors (Lipinski definition) is 0. The van der Waals surface area contributed by atoms with Crippen LogP contribution < -0.4 is 0 Å². The first-order chi connectivity index (χ1) is 6.65. The summed E-state index contributed by atoms with van der Waals surface area (Å²) in [4.78, 5) is 15.6. The zero-order chi connectivity index (χ0) is 10.6. The predicted octanol–water partition coefficient (Wildman–Crippen LogP) is 1.14. The van der Waals surface area contributed by atoms with Crippen LogP contribution in [-0.2, 0) is 10.2 Å². The molecule has 0 radical (unpaired) electrons. The molecule has 0 aliphatic carbocycles. The van der Waals surface area contributed by atoms with Gasteiger partial charge in [-0.05, 0) is 0 Å². The van der Waals surface area contributed by atoms with Crippen molar-refractivity contribution in [3.05, 3.63) is 30.1 Å². The summed E-state index contributed by atoms with van der Waals surface area (Å²) in [7, 11) is 0. The summed E-state index contributed by atoms with van der Waals surface area (Å²) < 4.78 is -0.0134. The predicted molar refractivity (Wildman–Crippen MR) is 53.8 cm³/mol. The van der Waals surface area contributed by atoms with Gasteiger partial charge in [-0.25, -0.2) is 0 Å². The summed E-state index contributed by atoms with van der Waals surface area (Å²) in [6, 6.07) is 5.57. The van der Waals surface area contributed by atoms with Crippen molar-refractivity contribution in [2.75, 3.05) is 0 Å². The van der Waals surface area contributed by atoms with Crippen LogP contribution in [0.4, 0.5) is 0 Å². The number of carbonyl (C=O) groups is 1. The maximum absolute atomic E-state index is 11.6. The fourth-order valence-electron chi connectivity index (χ4n) is 1.09. The summed E-state index contributed by atoms with van der Waals surface area (Å²) in [6.45, 7) is 1.65. The summed E-state index contributed by atoms with van der Waals surface area (Å²) in [5.41, 5.74) is -0.348. The quantitative estimate of drug-likeness (QED) is 0.759. The monoisotopic (exact) mass is 254 g/mol. The SMILES string of the molecule is C[Se]C(=O)C(C)(C#N)c1cccnc1. The Morgan fingerprint density at radius 1 is 1.71 bits per heavy atom. The van der Waals surface area contributed by atoms with Crippen LogP contribution >= 0.6 is 0 Å². The van der Waals surface area contributed by atoms with Crippen molar-refractivity contribution in [1.29, 1.82) is 5.26 Å². The minimum atomic E-state index is -1.02. The van der Waals surface area contributed by atoms with Gasteiger partial charge in [-0.15, -0.1) is 0 Å². The van der Waals surface area contributed by atoms with Crippen molar-refractivity contribution in [2.24, 2.45) is 0 Å². The van der Waals surface area contributed by atoms with Gasteiger partial charge in [0.25, 0.3) is 0 Å². The summed E-state index contributed by atoms with van der Waals surface area (Å²) in [6.07, 6.45) is 3.20. The molecule has 0 aliphatic rings. The number of aromatic nitrogens is 1. The Bertz CT molecular complexity index is 371. The second-order valence-electron chi connectivity index (χ2n) is 2.97. The van der Waals surface area contributed by atoms with E-state index in [1.54, 1.807) is 31.5 Å². The zero-order valence-corrected chi connectivity index (χ0v) is 9.73. The van der Waals surface area contributed by atoms with Gasteiger partial charge in [0.1, 0.15) is 0 Å². The van der Waals surface area contributed by atoms with Gasteiger partial charge in [-0.1, -0.05) is 0 Å². The average Bonchev–Trinajstić information content (AvgIpc) is 2.28. The van der Waals surface area contributed by atoms with E-state index in [0.29, 0.717) is 5.56 Å². The molecule has 0 saturated heterocycles. The first-order valence-corrected chi connectivity index (χ1v) is 6.62.